The second kappa shape index (κ2) is 4.44. The molecule has 66 valence electrons. The van der Waals surface area contributed by atoms with Crippen molar-refractivity contribution in [2.75, 3.05) is 0 Å². The molecule has 12 heavy (non-hydrogen) atoms. The molecule has 0 aliphatic heterocycles. The van der Waals surface area contributed by atoms with E-state index in [2.05, 4.69) is 25.2 Å². The number of hydrogen-bond acceptors (Lipinski definition) is 3. The van der Waals surface area contributed by atoms with Crippen LogP contribution in [0.2, 0.25) is 13.1 Å². The third-order valence-corrected chi connectivity index (χ3v) is 2.76. The summed E-state index contributed by atoms with van der Waals surface area (Å²) in [5.41, 5.74) is 3.72. The molecule has 1 aromatic rings. The van der Waals surface area contributed by atoms with Gasteiger partial charge in [0.05, 0.1) is 10.6 Å². The van der Waals surface area contributed by atoms with Crippen LogP contribution in [0.5, 0.6) is 0 Å². The van der Waals surface area contributed by atoms with Crippen LogP contribution in [0.3, 0.4) is 0 Å². The zero-order chi connectivity index (χ0) is 8.97. The van der Waals surface area contributed by atoms with Crippen LogP contribution in [0, 0.1) is 0 Å². The predicted molar refractivity (Wildman–Crippen MR) is 56.5 cm³/mol. The largest absolute Gasteiger partial charge is 0.326 e. The van der Waals surface area contributed by atoms with Gasteiger partial charge in [-0.25, -0.2) is 0 Å². The Hall–Kier alpha value is -0.583. The SMILES string of the molecule is C=C(NO[SiH](C)C)c1cccs1. The van der Waals surface area contributed by atoms with E-state index in [9.17, 15) is 0 Å². The maximum Gasteiger partial charge on any atom is 0.208 e. The van der Waals surface area contributed by atoms with Gasteiger partial charge < -0.3 is 4.53 Å². The summed E-state index contributed by atoms with van der Waals surface area (Å²) in [7, 11) is -0.998. The molecule has 2 nitrogen and oxygen atoms in total. The van der Waals surface area contributed by atoms with Gasteiger partial charge in [-0.05, 0) is 24.5 Å². The van der Waals surface area contributed by atoms with Crippen LogP contribution >= 0.6 is 11.3 Å². The quantitative estimate of drug-likeness (QED) is 0.593. The van der Waals surface area contributed by atoms with Gasteiger partial charge in [-0.15, -0.1) is 11.3 Å². The Morgan fingerprint density at radius 1 is 1.67 bits per heavy atom. The smallest absolute Gasteiger partial charge is 0.208 e. The van der Waals surface area contributed by atoms with Gasteiger partial charge in [0.2, 0.25) is 9.04 Å². The molecule has 0 radical (unpaired) electrons. The van der Waals surface area contributed by atoms with Crippen LogP contribution in [0.15, 0.2) is 24.1 Å². The molecule has 1 aromatic heterocycles. The van der Waals surface area contributed by atoms with Crippen LogP contribution in [0.25, 0.3) is 5.70 Å². The van der Waals surface area contributed by atoms with E-state index >= 15 is 0 Å². The van der Waals surface area contributed by atoms with Crippen LogP contribution < -0.4 is 5.48 Å². The Bertz CT molecular complexity index is 246. The summed E-state index contributed by atoms with van der Waals surface area (Å²) in [5.74, 6) is 0. The Morgan fingerprint density at radius 2 is 2.42 bits per heavy atom. The van der Waals surface area contributed by atoms with E-state index in [1.165, 1.54) is 0 Å². The van der Waals surface area contributed by atoms with Gasteiger partial charge in [0.25, 0.3) is 0 Å². The number of hydroxylamine groups is 1. The summed E-state index contributed by atoms with van der Waals surface area (Å²) in [5, 5.41) is 2.02. The van der Waals surface area contributed by atoms with Gasteiger partial charge in [0.1, 0.15) is 0 Å². The fourth-order valence-electron chi connectivity index (χ4n) is 0.690. The Balaban J connectivity index is 2.40. The van der Waals surface area contributed by atoms with Crippen molar-refractivity contribution in [1.82, 2.24) is 5.48 Å². The Labute approximate surface area is 78.6 Å². The van der Waals surface area contributed by atoms with Crippen LogP contribution in [-0.4, -0.2) is 9.04 Å². The highest BCUT2D eigenvalue weighted by atomic mass is 32.1. The first-order chi connectivity index (χ1) is 5.70. The van der Waals surface area contributed by atoms with Gasteiger partial charge in [0, 0.05) is 0 Å². The molecule has 0 aromatic carbocycles. The van der Waals surface area contributed by atoms with Gasteiger partial charge >= 0.3 is 0 Å². The second-order valence-corrected chi connectivity index (χ2v) is 6.01. The van der Waals surface area contributed by atoms with Gasteiger partial charge in [-0.3, -0.25) is 5.48 Å². The minimum absolute atomic E-state index is 0.853. The molecule has 1 rings (SSSR count). The average Bonchev–Trinajstić information content (AvgIpc) is 2.51. The minimum atomic E-state index is -0.998. The van der Waals surface area contributed by atoms with Crippen LogP contribution in [-0.2, 0) is 4.53 Å². The summed E-state index contributed by atoms with van der Waals surface area (Å²) in [6.07, 6.45) is 0. The minimum Gasteiger partial charge on any atom is -0.326 e. The van der Waals surface area contributed by atoms with Crippen molar-refractivity contribution in [3.05, 3.63) is 29.0 Å². The lowest BCUT2D eigenvalue weighted by atomic mass is 10.4. The monoisotopic (exact) mass is 199 g/mol. The van der Waals surface area contributed by atoms with Crippen molar-refractivity contribution < 1.29 is 4.53 Å². The molecule has 0 amide bonds. The van der Waals surface area contributed by atoms with Gasteiger partial charge in [-0.2, -0.15) is 0 Å². The Kier molecular flexibility index (Phi) is 3.52. The summed E-state index contributed by atoms with van der Waals surface area (Å²) < 4.78 is 5.32. The maximum atomic E-state index is 5.32. The summed E-state index contributed by atoms with van der Waals surface area (Å²) in [6, 6.07) is 4.02. The summed E-state index contributed by atoms with van der Waals surface area (Å²) >= 11 is 1.66. The molecule has 1 heterocycles. The fourth-order valence-corrected chi connectivity index (χ4v) is 1.71. The molecule has 0 spiro atoms. The number of hydrogen-bond donors (Lipinski definition) is 1. The van der Waals surface area contributed by atoms with E-state index in [1.54, 1.807) is 11.3 Å². The number of rotatable bonds is 4. The van der Waals surface area contributed by atoms with Crippen LogP contribution in [0.1, 0.15) is 4.88 Å². The highest BCUT2D eigenvalue weighted by Crippen LogP contribution is 2.15. The fraction of sp³-hybridized carbons (Fsp3) is 0.250. The third-order valence-electron chi connectivity index (χ3n) is 1.24. The normalized spacial score (nSPS) is 10.2. The lowest BCUT2D eigenvalue weighted by molar-refractivity contribution is 0.259. The summed E-state index contributed by atoms with van der Waals surface area (Å²) in [4.78, 5) is 1.13. The molecule has 4 heteroatoms. The van der Waals surface area contributed by atoms with E-state index in [4.69, 9.17) is 4.53 Å². The van der Waals surface area contributed by atoms with E-state index < -0.39 is 9.04 Å². The molecule has 0 aliphatic rings. The second-order valence-electron chi connectivity index (χ2n) is 2.72. The zero-order valence-electron chi connectivity index (χ0n) is 7.33. The molecular formula is C8H13NOSSi. The third kappa shape index (κ3) is 2.81. The molecule has 0 aliphatic carbocycles. The molecule has 1 N–H and O–H groups in total. The molecule has 0 saturated carbocycles. The van der Waals surface area contributed by atoms with Crippen molar-refractivity contribution in [2.45, 2.75) is 13.1 Å². The van der Waals surface area contributed by atoms with E-state index in [0.29, 0.717) is 0 Å². The van der Waals surface area contributed by atoms with Gasteiger partial charge in [0.15, 0.2) is 0 Å². The standard InChI is InChI=1S/C8H13NOSSi/c1-7(9-10-12(2)3)8-5-4-6-11-8/h4-6,9,12H,1H2,2-3H3. The predicted octanol–water partition coefficient (Wildman–Crippen LogP) is 2.22. The molecule has 0 saturated heterocycles. The molecule has 0 unspecified atom stereocenters. The van der Waals surface area contributed by atoms with Crippen molar-refractivity contribution in [1.29, 1.82) is 0 Å². The van der Waals surface area contributed by atoms with Crippen molar-refractivity contribution in [3.63, 3.8) is 0 Å². The van der Waals surface area contributed by atoms with E-state index in [0.717, 1.165) is 10.6 Å². The molecule has 0 atom stereocenters. The molecular weight excluding hydrogens is 186 g/mol. The first-order valence-electron chi connectivity index (χ1n) is 3.84. The van der Waals surface area contributed by atoms with Gasteiger partial charge in [-0.1, -0.05) is 12.6 Å². The Morgan fingerprint density at radius 3 is 2.92 bits per heavy atom. The van der Waals surface area contributed by atoms with Crippen molar-refractivity contribution >= 4 is 26.1 Å². The van der Waals surface area contributed by atoms with Crippen molar-refractivity contribution in [3.8, 4) is 0 Å². The first-order valence-corrected chi connectivity index (χ1v) is 7.50. The molecule has 0 fully saturated rings. The topological polar surface area (TPSA) is 21.3 Å². The average molecular weight is 199 g/mol. The highest BCUT2D eigenvalue weighted by Gasteiger charge is 2.00. The molecule has 0 bridgehead atoms. The van der Waals surface area contributed by atoms with Crippen molar-refractivity contribution in [2.24, 2.45) is 0 Å². The number of thiophene rings is 1. The maximum absolute atomic E-state index is 5.32. The number of nitrogens with one attached hydrogen (secondary N) is 1. The first kappa shape index (κ1) is 9.50. The van der Waals surface area contributed by atoms with Crippen LogP contribution in [0.4, 0.5) is 0 Å². The summed E-state index contributed by atoms with van der Waals surface area (Å²) in [6.45, 7) is 8.08. The van der Waals surface area contributed by atoms with E-state index in [1.807, 2.05) is 17.5 Å². The lowest BCUT2D eigenvalue weighted by Gasteiger charge is -2.09. The lowest BCUT2D eigenvalue weighted by Crippen LogP contribution is -2.20. The highest BCUT2D eigenvalue weighted by molar-refractivity contribution is 7.11. The van der Waals surface area contributed by atoms with E-state index in [-0.39, 0.29) is 0 Å². The zero-order valence-corrected chi connectivity index (χ0v) is 9.30.